The minimum atomic E-state index is -0.145. The van der Waals surface area contributed by atoms with Gasteiger partial charge in [-0.2, -0.15) is 5.10 Å². The molecule has 3 atom stereocenters. The minimum absolute atomic E-state index is 0.145. The number of hydrogen-bond acceptors (Lipinski definition) is 2. The molecular weight excluding hydrogens is 316 g/mol. The first kappa shape index (κ1) is 13.8. The van der Waals surface area contributed by atoms with Gasteiger partial charge in [0.2, 0.25) is 0 Å². The normalized spacial score (nSPS) is 28.7. The van der Waals surface area contributed by atoms with Crippen LogP contribution in [0.1, 0.15) is 43.0 Å². The lowest BCUT2D eigenvalue weighted by Gasteiger charge is -2.21. The average Bonchev–Trinajstić information content (AvgIpc) is 3.07. The monoisotopic (exact) mass is 334 g/mol. The number of rotatable bonds is 3. The number of amides is 1. The van der Waals surface area contributed by atoms with E-state index in [0.29, 0.717) is 11.5 Å². The number of halogens is 1. The molecule has 2 aliphatic carbocycles. The molecule has 3 rings (SSSR count). The van der Waals surface area contributed by atoms with Crippen molar-refractivity contribution in [3.63, 3.8) is 0 Å². The molecule has 20 heavy (non-hydrogen) atoms. The second-order valence-electron chi connectivity index (χ2n) is 5.99. The summed E-state index contributed by atoms with van der Waals surface area (Å²) in [6, 6.07) is 7.35. The summed E-state index contributed by atoms with van der Waals surface area (Å²) >= 11 is 3.37. The van der Waals surface area contributed by atoms with E-state index in [0.717, 1.165) is 22.0 Å². The molecule has 0 spiro atoms. The largest absolute Gasteiger partial charge is 0.271 e. The van der Waals surface area contributed by atoms with Gasteiger partial charge in [0, 0.05) is 21.7 Å². The Kier molecular flexibility index (Phi) is 3.92. The van der Waals surface area contributed by atoms with Gasteiger partial charge in [-0.15, -0.1) is 0 Å². The van der Waals surface area contributed by atoms with Crippen LogP contribution in [0.5, 0.6) is 0 Å². The summed E-state index contributed by atoms with van der Waals surface area (Å²) in [5, 5.41) is 4.33. The Labute approximate surface area is 128 Å². The molecule has 2 fully saturated rings. The summed E-state index contributed by atoms with van der Waals surface area (Å²) in [5.41, 5.74) is 4.40. The summed E-state index contributed by atoms with van der Waals surface area (Å²) < 4.78 is 0.902. The molecular formula is C16H19BrN2O. The molecule has 2 bridgehead atoms. The lowest BCUT2D eigenvalue weighted by Crippen LogP contribution is -2.24. The van der Waals surface area contributed by atoms with Crippen molar-refractivity contribution >= 4 is 27.5 Å². The zero-order valence-corrected chi connectivity index (χ0v) is 13.2. The summed E-state index contributed by atoms with van der Waals surface area (Å²) in [7, 11) is 0. The van der Waals surface area contributed by atoms with Gasteiger partial charge in [0.25, 0.3) is 5.91 Å². The van der Waals surface area contributed by atoms with Crippen molar-refractivity contribution in [2.45, 2.75) is 32.6 Å². The number of hydrazone groups is 1. The molecule has 4 heteroatoms. The van der Waals surface area contributed by atoms with Crippen molar-refractivity contribution in [1.29, 1.82) is 0 Å². The van der Waals surface area contributed by atoms with Gasteiger partial charge in [-0.25, -0.2) is 5.43 Å². The third-order valence-corrected chi connectivity index (χ3v) is 5.19. The van der Waals surface area contributed by atoms with Crippen LogP contribution in [0.4, 0.5) is 0 Å². The molecule has 0 aliphatic heterocycles. The molecule has 1 N–H and O–H groups in total. The molecule has 1 aromatic carbocycles. The van der Waals surface area contributed by atoms with Gasteiger partial charge < -0.3 is 0 Å². The third kappa shape index (κ3) is 2.80. The maximum absolute atomic E-state index is 12.0. The first-order chi connectivity index (χ1) is 9.63. The number of benzene rings is 1. The van der Waals surface area contributed by atoms with Gasteiger partial charge in [-0.05, 0) is 56.2 Å². The topological polar surface area (TPSA) is 41.5 Å². The minimum Gasteiger partial charge on any atom is -0.267 e. The Hall–Kier alpha value is -1.16. The highest BCUT2D eigenvalue weighted by Gasteiger charge is 2.40. The van der Waals surface area contributed by atoms with Crippen molar-refractivity contribution in [3.05, 3.63) is 34.3 Å². The number of fused-ring (bicyclic) bond motifs is 2. The van der Waals surface area contributed by atoms with Gasteiger partial charge in [0.1, 0.15) is 0 Å². The number of nitrogens with zero attached hydrogens (tertiary/aromatic N) is 1. The Morgan fingerprint density at radius 2 is 2.20 bits per heavy atom. The Bertz CT molecular complexity index is 555. The summed E-state index contributed by atoms with van der Waals surface area (Å²) in [4.78, 5) is 12.0. The van der Waals surface area contributed by atoms with Crippen LogP contribution in [0, 0.1) is 17.8 Å². The fourth-order valence-corrected chi connectivity index (χ4v) is 4.07. The van der Waals surface area contributed by atoms with Crippen LogP contribution in [-0.2, 0) is 0 Å². The molecule has 0 heterocycles. The maximum Gasteiger partial charge on any atom is 0.271 e. The van der Waals surface area contributed by atoms with Crippen LogP contribution in [0.25, 0.3) is 0 Å². The maximum atomic E-state index is 12.0. The van der Waals surface area contributed by atoms with Crippen LogP contribution in [-0.4, -0.2) is 11.6 Å². The number of nitrogens with one attached hydrogen (secondary N) is 1. The third-order valence-electron chi connectivity index (χ3n) is 4.70. The van der Waals surface area contributed by atoms with Crippen molar-refractivity contribution in [2.75, 3.05) is 0 Å². The molecule has 0 unspecified atom stereocenters. The summed E-state index contributed by atoms with van der Waals surface area (Å²) in [6.45, 7) is 2.05. The van der Waals surface area contributed by atoms with E-state index in [-0.39, 0.29) is 5.91 Å². The fraction of sp³-hybridized carbons (Fsp3) is 0.500. The van der Waals surface area contributed by atoms with Crippen LogP contribution < -0.4 is 5.43 Å². The van der Waals surface area contributed by atoms with Crippen LogP contribution in [0.2, 0.25) is 0 Å². The fourth-order valence-electron chi connectivity index (χ4n) is 3.67. The SMILES string of the molecule is C/C(=N/NC(=O)c1cccc(Br)c1)[C@@H]1C[C@H]2CC[C@@H]1C2. The quantitative estimate of drug-likeness (QED) is 0.659. The molecule has 106 valence electrons. The second kappa shape index (κ2) is 5.68. The van der Waals surface area contributed by atoms with E-state index in [9.17, 15) is 4.79 Å². The van der Waals surface area contributed by atoms with E-state index in [1.807, 2.05) is 19.1 Å². The second-order valence-corrected chi connectivity index (χ2v) is 6.90. The van der Waals surface area contributed by atoms with E-state index in [1.165, 1.54) is 25.7 Å². The first-order valence-electron chi connectivity index (χ1n) is 7.23. The number of hydrogen-bond donors (Lipinski definition) is 1. The number of carbonyl (C=O) groups is 1. The van der Waals surface area contributed by atoms with Crippen molar-refractivity contribution in [3.8, 4) is 0 Å². The van der Waals surface area contributed by atoms with Crippen LogP contribution >= 0.6 is 15.9 Å². The van der Waals surface area contributed by atoms with Gasteiger partial charge in [0.05, 0.1) is 0 Å². The summed E-state index contributed by atoms with van der Waals surface area (Å²) in [6.07, 6.45) is 5.34. The molecule has 0 aromatic heterocycles. The lowest BCUT2D eigenvalue weighted by molar-refractivity contribution is 0.0954. The molecule has 1 amide bonds. The van der Waals surface area contributed by atoms with E-state index < -0.39 is 0 Å². The highest BCUT2D eigenvalue weighted by Crippen LogP contribution is 2.48. The molecule has 0 saturated heterocycles. The molecule has 2 aliphatic rings. The smallest absolute Gasteiger partial charge is 0.267 e. The van der Waals surface area contributed by atoms with Crippen LogP contribution in [0.15, 0.2) is 33.8 Å². The van der Waals surface area contributed by atoms with Crippen molar-refractivity contribution in [1.82, 2.24) is 5.43 Å². The Morgan fingerprint density at radius 1 is 1.35 bits per heavy atom. The number of carbonyl (C=O) groups excluding carboxylic acids is 1. The lowest BCUT2D eigenvalue weighted by atomic mass is 9.86. The van der Waals surface area contributed by atoms with Crippen LogP contribution in [0.3, 0.4) is 0 Å². The van der Waals surface area contributed by atoms with Gasteiger partial charge in [0.15, 0.2) is 0 Å². The van der Waals surface area contributed by atoms with Crippen molar-refractivity contribution in [2.24, 2.45) is 22.9 Å². The van der Waals surface area contributed by atoms with Crippen molar-refractivity contribution < 1.29 is 4.79 Å². The zero-order chi connectivity index (χ0) is 14.1. The first-order valence-corrected chi connectivity index (χ1v) is 8.03. The predicted molar refractivity (Wildman–Crippen MR) is 83.7 cm³/mol. The van der Waals surface area contributed by atoms with E-state index in [2.05, 4.69) is 26.5 Å². The van der Waals surface area contributed by atoms with E-state index >= 15 is 0 Å². The predicted octanol–water partition coefficient (Wildman–Crippen LogP) is 3.99. The van der Waals surface area contributed by atoms with E-state index in [1.54, 1.807) is 12.1 Å². The van der Waals surface area contributed by atoms with E-state index in [4.69, 9.17) is 0 Å². The van der Waals surface area contributed by atoms with Gasteiger partial charge in [-0.1, -0.05) is 28.4 Å². The molecule has 1 aromatic rings. The molecule has 3 nitrogen and oxygen atoms in total. The molecule has 0 radical (unpaired) electrons. The van der Waals surface area contributed by atoms with Gasteiger partial charge >= 0.3 is 0 Å². The highest BCUT2D eigenvalue weighted by molar-refractivity contribution is 9.10. The summed E-state index contributed by atoms with van der Waals surface area (Å²) in [5.74, 6) is 2.13. The Morgan fingerprint density at radius 3 is 2.85 bits per heavy atom. The van der Waals surface area contributed by atoms with Gasteiger partial charge in [-0.3, -0.25) is 4.79 Å². The molecule has 2 saturated carbocycles. The highest BCUT2D eigenvalue weighted by atomic mass is 79.9. The Balaban J connectivity index is 1.63. The standard InChI is InChI=1S/C16H19BrN2O/c1-10(15-8-11-5-6-12(15)7-11)18-19-16(20)13-3-2-4-14(17)9-13/h2-4,9,11-12,15H,5-8H2,1H3,(H,19,20)/b18-10-/t11-,12+,15-/m0/s1. The zero-order valence-electron chi connectivity index (χ0n) is 11.6. The average molecular weight is 335 g/mol.